The number of imidazole rings is 1. The van der Waals surface area contributed by atoms with E-state index in [1.165, 1.54) is 0 Å². The molecule has 0 aliphatic carbocycles. The standard InChI is InChI=1S/C24H25N5O4S/c1-2-32-24(31)18-13-20(33-28-18)19-14-34-23(27-19)15-9-11-29(12-10-15)22(30)8-7-21-25-16-5-3-4-6-17(16)26-21/h3-6,13-15H,2,7-12H2,1H3,(H,25,26). The number of H-pyrrole nitrogens is 1. The number of carbonyl (C=O) groups excluding carboxylic acids is 2. The van der Waals surface area contributed by atoms with E-state index in [2.05, 4.69) is 15.1 Å². The summed E-state index contributed by atoms with van der Waals surface area (Å²) in [6, 6.07) is 9.44. The number of ether oxygens (including phenoxy) is 1. The molecule has 1 amide bonds. The van der Waals surface area contributed by atoms with Crippen LogP contribution in [0.15, 0.2) is 40.2 Å². The molecule has 1 saturated heterocycles. The highest BCUT2D eigenvalue weighted by Crippen LogP contribution is 2.33. The molecule has 0 spiro atoms. The maximum atomic E-state index is 12.7. The lowest BCUT2D eigenvalue weighted by Crippen LogP contribution is -2.38. The second-order valence-corrected chi connectivity index (χ2v) is 9.11. The summed E-state index contributed by atoms with van der Waals surface area (Å²) in [6.45, 7) is 3.45. The lowest BCUT2D eigenvalue weighted by atomic mass is 9.97. The molecule has 9 nitrogen and oxygen atoms in total. The number of amides is 1. The van der Waals surface area contributed by atoms with E-state index < -0.39 is 5.97 Å². The van der Waals surface area contributed by atoms with Gasteiger partial charge in [-0.2, -0.15) is 0 Å². The van der Waals surface area contributed by atoms with Crippen LogP contribution >= 0.6 is 11.3 Å². The number of benzene rings is 1. The van der Waals surface area contributed by atoms with Crippen molar-refractivity contribution in [2.24, 2.45) is 0 Å². The van der Waals surface area contributed by atoms with Crippen molar-refractivity contribution in [2.75, 3.05) is 19.7 Å². The van der Waals surface area contributed by atoms with E-state index in [9.17, 15) is 9.59 Å². The van der Waals surface area contributed by atoms with Crippen molar-refractivity contribution in [3.8, 4) is 11.5 Å². The minimum absolute atomic E-state index is 0.140. The van der Waals surface area contributed by atoms with E-state index >= 15 is 0 Å². The number of fused-ring (bicyclic) bond motifs is 1. The Labute approximate surface area is 200 Å². The Balaban J connectivity index is 1.13. The molecule has 1 fully saturated rings. The molecule has 176 valence electrons. The number of carbonyl (C=O) groups is 2. The first-order valence-electron chi connectivity index (χ1n) is 11.4. The predicted octanol–water partition coefficient (Wildman–Crippen LogP) is 4.19. The second kappa shape index (κ2) is 9.76. The zero-order valence-electron chi connectivity index (χ0n) is 18.8. The van der Waals surface area contributed by atoms with Gasteiger partial charge in [0.2, 0.25) is 5.91 Å². The number of hydrogen-bond acceptors (Lipinski definition) is 8. The van der Waals surface area contributed by atoms with Crippen molar-refractivity contribution in [1.82, 2.24) is 25.0 Å². The number of likely N-dealkylation sites (tertiary alicyclic amines) is 1. The van der Waals surface area contributed by atoms with Gasteiger partial charge in [0.1, 0.15) is 11.5 Å². The van der Waals surface area contributed by atoms with Crippen molar-refractivity contribution >= 4 is 34.2 Å². The number of nitrogens with zero attached hydrogens (tertiary/aromatic N) is 4. The Bertz CT molecular complexity index is 1270. The fraction of sp³-hybridized carbons (Fsp3) is 0.375. The summed E-state index contributed by atoms with van der Waals surface area (Å²) < 4.78 is 10.2. The maximum absolute atomic E-state index is 12.7. The van der Waals surface area contributed by atoms with Gasteiger partial charge >= 0.3 is 5.97 Å². The van der Waals surface area contributed by atoms with Crippen LogP contribution in [0, 0.1) is 0 Å². The van der Waals surface area contributed by atoms with Crippen molar-refractivity contribution in [3.05, 3.63) is 52.2 Å². The van der Waals surface area contributed by atoms with Crippen LogP contribution in [0.3, 0.4) is 0 Å². The number of rotatable bonds is 7. The average Bonchev–Trinajstić information content (AvgIpc) is 3.61. The second-order valence-electron chi connectivity index (χ2n) is 8.22. The molecule has 1 aromatic carbocycles. The monoisotopic (exact) mass is 479 g/mol. The number of para-hydroxylation sites is 2. The molecule has 0 saturated carbocycles. The van der Waals surface area contributed by atoms with Gasteiger partial charge in [0.15, 0.2) is 11.5 Å². The van der Waals surface area contributed by atoms with Gasteiger partial charge in [0, 0.05) is 43.3 Å². The molecule has 0 unspecified atom stereocenters. The third-order valence-electron chi connectivity index (χ3n) is 5.98. The quantitative estimate of drug-likeness (QED) is 0.395. The van der Waals surface area contributed by atoms with Crippen LogP contribution in [0.2, 0.25) is 0 Å². The Morgan fingerprint density at radius 2 is 2.06 bits per heavy atom. The highest BCUT2D eigenvalue weighted by molar-refractivity contribution is 7.10. The van der Waals surface area contributed by atoms with Crippen molar-refractivity contribution in [2.45, 2.75) is 38.5 Å². The summed E-state index contributed by atoms with van der Waals surface area (Å²) in [5, 5.41) is 6.70. The first-order chi connectivity index (χ1) is 16.6. The SMILES string of the molecule is CCOC(=O)c1cc(-c2csc(C3CCN(C(=O)CCc4nc5ccccc5[nH]4)CC3)n2)on1. The summed E-state index contributed by atoms with van der Waals surface area (Å²) in [5.74, 6) is 1.24. The molecule has 1 aliphatic heterocycles. The third kappa shape index (κ3) is 4.72. The van der Waals surface area contributed by atoms with Gasteiger partial charge in [-0.15, -0.1) is 11.3 Å². The van der Waals surface area contributed by atoms with Gasteiger partial charge in [-0.3, -0.25) is 4.79 Å². The first-order valence-corrected chi connectivity index (χ1v) is 12.3. The van der Waals surface area contributed by atoms with Crippen LogP contribution in [0.1, 0.15) is 53.4 Å². The van der Waals surface area contributed by atoms with Crippen molar-refractivity contribution in [3.63, 3.8) is 0 Å². The van der Waals surface area contributed by atoms with Gasteiger partial charge in [-0.05, 0) is 31.9 Å². The van der Waals surface area contributed by atoms with Gasteiger partial charge in [0.05, 0.1) is 22.6 Å². The van der Waals surface area contributed by atoms with Gasteiger partial charge in [-0.1, -0.05) is 17.3 Å². The lowest BCUT2D eigenvalue weighted by molar-refractivity contribution is -0.132. The van der Waals surface area contributed by atoms with Gasteiger partial charge in [0.25, 0.3) is 0 Å². The van der Waals surface area contributed by atoms with E-state index in [4.69, 9.17) is 14.2 Å². The molecular formula is C24H25N5O4S. The van der Waals surface area contributed by atoms with E-state index in [1.807, 2.05) is 34.5 Å². The molecule has 34 heavy (non-hydrogen) atoms. The number of nitrogens with one attached hydrogen (secondary N) is 1. The number of esters is 1. The van der Waals surface area contributed by atoms with Crippen LogP contribution in [0.25, 0.3) is 22.5 Å². The molecule has 10 heteroatoms. The molecule has 4 aromatic rings. The molecule has 1 aliphatic rings. The number of thiazole rings is 1. The van der Waals surface area contributed by atoms with Crippen LogP contribution in [0.5, 0.6) is 0 Å². The molecule has 4 heterocycles. The van der Waals surface area contributed by atoms with Crippen LogP contribution in [-0.4, -0.2) is 56.6 Å². The largest absolute Gasteiger partial charge is 0.461 e. The first kappa shape index (κ1) is 22.3. The third-order valence-corrected chi connectivity index (χ3v) is 6.99. The summed E-state index contributed by atoms with van der Waals surface area (Å²) in [4.78, 5) is 39.0. The molecule has 0 radical (unpaired) electrons. The van der Waals surface area contributed by atoms with E-state index in [1.54, 1.807) is 24.3 Å². The minimum atomic E-state index is -0.509. The highest BCUT2D eigenvalue weighted by Gasteiger charge is 2.26. The topological polar surface area (TPSA) is 114 Å². The normalized spacial score (nSPS) is 14.6. The zero-order chi connectivity index (χ0) is 23.5. The summed E-state index contributed by atoms with van der Waals surface area (Å²) >= 11 is 1.57. The average molecular weight is 480 g/mol. The van der Waals surface area contributed by atoms with E-state index in [-0.39, 0.29) is 18.2 Å². The zero-order valence-corrected chi connectivity index (χ0v) is 19.6. The lowest BCUT2D eigenvalue weighted by Gasteiger charge is -2.31. The molecular weight excluding hydrogens is 454 g/mol. The summed E-state index contributed by atoms with van der Waals surface area (Å²) in [6.07, 6.45) is 2.79. The Kier molecular flexibility index (Phi) is 6.39. The van der Waals surface area contributed by atoms with Gasteiger partial charge in [-0.25, -0.2) is 14.8 Å². The Hall–Kier alpha value is -3.53. The Morgan fingerprint density at radius 3 is 2.85 bits per heavy atom. The van der Waals surface area contributed by atoms with Gasteiger partial charge < -0.3 is 19.1 Å². The summed E-state index contributed by atoms with van der Waals surface area (Å²) in [7, 11) is 0. The van der Waals surface area contributed by atoms with E-state index in [0.717, 1.165) is 34.7 Å². The minimum Gasteiger partial charge on any atom is -0.461 e. The highest BCUT2D eigenvalue weighted by atomic mass is 32.1. The summed E-state index contributed by atoms with van der Waals surface area (Å²) in [5.41, 5.74) is 2.72. The number of aryl methyl sites for hydroxylation is 1. The van der Waals surface area contributed by atoms with Crippen LogP contribution in [0.4, 0.5) is 0 Å². The smallest absolute Gasteiger partial charge is 0.360 e. The van der Waals surface area contributed by atoms with Crippen LogP contribution < -0.4 is 0 Å². The fourth-order valence-corrected chi connectivity index (χ4v) is 5.15. The number of aromatic amines is 1. The number of piperidine rings is 1. The van der Waals surface area contributed by atoms with E-state index in [0.29, 0.717) is 43.3 Å². The van der Waals surface area contributed by atoms with Crippen LogP contribution in [-0.2, 0) is 16.0 Å². The fourth-order valence-electron chi connectivity index (χ4n) is 4.17. The Morgan fingerprint density at radius 1 is 1.24 bits per heavy atom. The van der Waals surface area contributed by atoms with Crippen molar-refractivity contribution < 1.29 is 18.8 Å². The molecule has 0 bridgehead atoms. The van der Waals surface area contributed by atoms with Crippen molar-refractivity contribution in [1.29, 1.82) is 0 Å². The molecule has 5 rings (SSSR count). The molecule has 3 aromatic heterocycles. The molecule has 0 atom stereocenters. The number of aromatic nitrogens is 4. The molecule has 1 N–H and O–H groups in total. The maximum Gasteiger partial charge on any atom is 0.360 e. The predicted molar refractivity (Wildman–Crippen MR) is 127 cm³/mol. The number of hydrogen-bond donors (Lipinski definition) is 1.